The molecule has 2 N–H and O–H groups in total. The van der Waals surface area contributed by atoms with Crippen LogP contribution in [0.15, 0.2) is 35.2 Å². The van der Waals surface area contributed by atoms with Crippen molar-refractivity contribution in [1.29, 1.82) is 0 Å². The molecule has 0 saturated heterocycles. The lowest BCUT2D eigenvalue weighted by Gasteiger charge is -2.21. The number of anilines is 1. The Morgan fingerprint density at radius 3 is 2.48 bits per heavy atom. The van der Waals surface area contributed by atoms with Crippen molar-refractivity contribution in [1.82, 2.24) is 4.31 Å². The van der Waals surface area contributed by atoms with Crippen LogP contribution < -0.4 is 5.73 Å². The van der Waals surface area contributed by atoms with E-state index in [0.29, 0.717) is 16.6 Å². The number of nitrogens with two attached hydrogens (primary N) is 1. The molecule has 2 rings (SSSR count). The first-order chi connectivity index (χ1) is 9.86. The molecule has 0 unspecified atom stereocenters. The molecule has 0 amide bonds. The summed E-state index contributed by atoms with van der Waals surface area (Å²) < 4.78 is 27.2. The number of nitrogen functional groups attached to an aromatic ring is 1. The van der Waals surface area contributed by atoms with Crippen molar-refractivity contribution in [2.75, 3.05) is 12.3 Å². The molecule has 0 aliphatic heterocycles. The van der Waals surface area contributed by atoms with E-state index in [9.17, 15) is 8.42 Å². The summed E-state index contributed by atoms with van der Waals surface area (Å²) in [6, 6.07) is 8.54. The first-order valence-corrected chi connectivity index (χ1v) is 9.16. The predicted molar refractivity (Wildman–Crippen MR) is 88.5 cm³/mol. The van der Waals surface area contributed by atoms with Gasteiger partial charge >= 0.3 is 0 Å². The minimum absolute atomic E-state index is 0.0375. The van der Waals surface area contributed by atoms with Crippen LogP contribution in [0.3, 0.4) is 0 Å². The van der Waals surface area contributed by atoms with Gasteiger partial charge in [-0.15, -0.1) is 11.3 Å². The predicted octanol–water partition coefficient (Wildman–Crippen LogP) is 3.85. The van der Waals surface area contributed by atoms with E-state index in [0.717, 1.165) is 16.9 Å². The number of benzene rings is 1. The van der Waals surface area contributed by atoms with E-state index in [1.54, 1.807) is 25.1 Å². The molecular weight excluding hydrogens is 351 g/mol. The number of hydrogen-bond acceptors (Lipinski definition) is 4. The molecule has 0 aliphatic rings. The van der Waals surface area contributed by atoms with Crippen LogP contribution in [0.5, 0.6) is 0 Å². The van der Waals surface area contributed by atoms with E-state index in [4.69, 9.17) is 28.9 Å². The fourth-order valence-corrected chi connectivity index (χ4v) is 5.41. The van der Waals surface area contributed by atoms with Crippen LogP contribution in [0.25, 0.3) is 0 Å². The van der Waals surface area contributed by atoms with Gasteiger partial charge in [-0.05, 0) is 17.7 Å². The number of para-hydroxylation sites is 1. The average Bonchev–Trinajstić information content (AvgIpc) is 2.77. The van der Waals surface area contributed by atoms with E-state index >= 15 is 0 Å². The largest absolute Gasteiger partial charge is 0.398 e. The highest BCUT2D eigenvalue weighted by molar-refractivity contribution is 7.89. The zero-order valence-electron chi connectivity index (χ0n) is 11.2. The van der Waals surface area contributed by atoms with Crippen molar-refractivity contribution in [2.24, 2.45) is 0 Å². The minimum atomic E-state index is -3.70. The molecule has 0 saturated carbocycles. The van der Waals surface area contributed by atoms with Crippen molar-refractivity contribution in [2.45, 2.75) is 18.4 Å². The Morgan fingerprint density at radius 1 is 1.29 bits per heavy atom. The van der Waals surface area contributed by atoms with E-state index in [2.05, 4.69) is 0 Å². The summed E-state index contributed by atoms with van der Waals surface area (Å²) >= 11 is 12.8. The van der Waals surface area contributed by atoms with Crippen LogP contribution >= 0.6 is 34.5 Å². The Labute approximate surface area is 138 Å². The molecular formula is C13H14Cl2N2O2S2. The Hall–Kier alpha value is -0.790. The third-order valence-electron chi connectivity index (χ3n) is 3.00. The van der Waals surface area contributed by atoms with Crippen molar-refractivity contribution in [3.05, 3.63) is 44.6 Å². The molecule has 0 bridgehead atoms. The Balaban J connectivity index is 2.37. The monoisotopic (exact) mass is 364 g/mol. The highest BCUT2D eigenvalue weighted by Crippen LogP contribution is 2.36. The maximum Gasteiger partial charge on any atom is 0.245 e. The minimum Gasteiger partial charge on any atom is -0.398 e. The summed E-state index contributed by atoms with van der Waals surface area (Å²) in [6.45, 7) is 2.26. The fraction of sp³-hybridized carbons (Fsp3) is 0.231. The lowest BCUT2D eigenvalue weighted by molar-refractivity contribution is 0.424. The number of thiophene rings is 1. The van der Waals surface area contributed by atoms with Crippen LogP contribution in [0.1, 0.15) is 12.5 Å². The van der Waals surface area contributed by atoms with Crippen LogP contribution in [0.2, 0.25) is 8.67 Å². The summed E-state index contributed by atoms with van der Waals surface area (Å²) in [7, 11) is -3.70. The van der Waals surface area contributed by atoms with Crippen molar-refractivity contribution >= 4 is 50.2 Å². The quantitative estimate of drug-likeness (QED) is 0.819. The van der Waals surface area contributed by atoms with E-state index in [1.165, 1.54) is 10.4 Å². The SMILES string of the molecule is CCN(Cc1ccccc1N)S(=O)(=O)c1cc(Cl)sc1Cl. The lowest BCUT2D eigenvalue weighted by atomic mass is 10.2. The second kappa shape index (κ2) is 6.54. The van der Waals surface area contributed by atoms with Gasteiger partial charge in [0.15, 0.2) is 0 Å². The molecule has 4 nitrogen and oxygen atoms in total. The number of nitrogens with zero attached hydrogens (tertiary/aromatic N) is 1. The van der Waals surface area contributed by atoms with Crippen LogP contribution in [-0.4, -0.2) is 19.3 Å². The highest BCUT2D eigenvalue weighted by Gasteiger charge is 2.28. The number of halogens is 2. The number of hydrogen-bond donors (Lipinski definition) is 1. The average molecular weight is 365 g/mol. The Bertz CT molecular complexity index is 744. The van der Waals surface area contributed by atoms with Gasteiger partial charge in [0.25, 0.3) is 0 Å². The van der Waals surface area contributed by atoms with Gasteiger partial charge in [0.2, 0.25) is 10.0 Å². The zero-order valence-corrected chi connectivity index (χ0v) is 14.4. The molecule has 1 aromatic carbocycles. The molecule has 2 aromatic rings. The molecule has 0 fully saturated rings. The highest BCUT2D eigenvalue weighted by atomic mass is 35.5. The molecule has 0 atom stereocenters. The normalized spacial score (nSPS) is 12.0. The van der Waals surface area contributed by atoms with Crippen LogP contribution in [-0.2, 0) is 16.6 Å². The van der Waals surface area contributed by atoms with Gasteiger partial charge in [-0.25, -0.2) is 8.42 Å². The molecule has 1 aromatic heterocycles. The number of rotatable bonds is 5. The molecule has 0 spiro atoms. The summed E-state index contributed by atoms with van der Waals surface area (Å²) in [5, 5.41) is 0. The molecule has 21 heavy (non-hydrogen) atoms. The summed E-state index contributed by atoms with van der Waals surface area (Å²) in [4.78, 5) is 0.0375. The molecule has 1 heterocycles. The standard InChI is InChI=1S/C13H14Cl2N2O2S2/c1-2-17(8-9-5-3-4-6-10(9)16)21(18,19)11-7-12(14)20-13(11)15/h3-7H,2,8,16H2,1H3. The fourth-order valence-electron chi connectivity index (χ4n) is 1.88. The second-order valence-corrected chi connectivity index (χ2v) is 8.51. The van der Waals surface area contributed by atoms with Gasteiger partial charge in [-0.3, -0.25) is 0 Å². The molecule has 0 radical (unpaired) electrons. The van der Waals surface area contributed by atoms with Crippen molar-refractivity contribution < 1.29 is 8.42 Å². The first kappa shape index (κ1) is 16.6. The number of sulfonamides is 1. The third-order valence-corrected chi connectivity index (χ3v) is 6.67. The van der Waals surface area contributed by atoms with Crippen molar-refractivity contribution in [3.8, 4) is 0 Å². The van der Waals surface area contributed by atoms with Gasteiger partial charge in [0.1, 0.15) is 9.23 Å². The topological polar surface area (TPSA) is 63.4 Å². The van der Waals surface area contributed by atoms with Crippen LogP contribution in [0.4, 0.5) is 5.69 Å². The lowest BCUT2D eigenvalue weighted by Crippen LogP contribution is -2.30. The second-order valence-electron chi connectivity index (χ2n) is 4.32. The van der Waals surface area contributed by atoms with Crippen LogP contribution in [0, 0.1) is 0 Å². The zero-order chi connectivity index (χ0) is 15.6. The molecule has 0 aliphatic carbocycles. The maximum absolute atomic E-state index is 12.7. The first-order valence-electron chi connectivity index (χ1n) is 6.14. The molecule has 8 heteroatoms. The van der Waals surface area contributed by atoms with E-state index in [1.807, 2.05) is 6.07 Å². The maximum atomic E-state index is 12.7. The third kappa shape index (κ3) is 3.52. The van der Waals surface area contributed by atoms with Crippen molar-refractivity contribution in [3.63, 3.8) is 0 Å². The van der Waals surface area contributed by atoms with Gasteiger partial charge in [0.05, 0.1) is 4.34 Å². The van der Waals surface area contributed by atoms with Gasteiger partial charge in [-0.1, -0.05) is 48.3 Å². The Morgan fingerprint density at radius 2 is 1.95 bits per heavy atom. The van der Waals surface area contributed by atoms with Gasteiger partial charge in [0, 0.05) is 18.8 Å². The van der Waals surface area contributed by atoms with E-state index in [-0.39, 0.29) is 15.8 Å². The van der Waals surface area contributed by atoms with Gasteiger partial charge < -0.3 is 5.73 Å². The Kier molecular flexibility index (Phi) is 5.16. The smallest absolute Gasteiger partial charge is 0.245 e. The summed E-state index contributed by atoms with van der Waals surface area (Å²) in [5.74, 6) is 0. The van der Waals surface area contributed by atoms with E-state index < -0.39 is 10.0 Å². The summed E-state index contributed by atoms with van der Waals surface area (Å²) in [5.41, 5.74) is 7.18. The molecule has 114 valence electrons. The summed E-state index contributed by atoms with van der Waals surface area (Å²) in [6.07, 6.45) is 0. The van der Waals surface area contributed by atoms with Gasteiger partial charge in [-0.2, -0.15) is 4.31 Å².